The Morgan fingerprint density at radius 2 is 1.85 bits per heavy atom. The second-order valence-electron chi connectivity index (χ2n) is 5.90. The Kier molecular flexibility index (Phi) is 5.61. The lowest BCUT2D eigenvalue weighted by Crippen LogP contribution is -2.22. The van der Waals surface area contributed by atoms with Gasteiger partial charge in [-0.25, -0.2) is 0 Å². The number of thioether (sulfide) groups is 1. The molecule has 6 nitrogen and oxygen atoms in total. The van der Waals surface area contributed by atoms with Crippen molar-refractivity contribution in [1.29, 1.82) is 0 Å². The predicted octanol–water partition coefficient (Wildman–Crippen LogP) is 4.88. The van der Waals surface area contributed by atoms with E-state index < -0.39 is 4.92 Å². The molecule has 1 N–H and O–H groups in total. The summed E-state index contributed by atoms with van der Waals surface area (Å²) in [6.07, 6.45) is 0. The van der Waals surface area contributed by atoms with Crippen LogP contribution in [-0.4, -0.2) is 23.2 Å². The van der Waals surface area contributed by atoms with Crippen LogP contribution < -0.4 is 10.1 Å². The number of ether oxygens (including phenoxy) is 1. The van der Waals surface area contributed by atoms with Crippen LogP contribution in [0.4, 0.5) is 11.4 Å². The number of nitrogens with one attached hydrogen (secondary N) is 1. The predicted molar refractivity (Wildman–Crippen MR) is 108 cm³/mol. The SMILES string of the molecule is COc1cc([N+](=O)[O-])ccc1NC(=O)[C@H](C)Sc1ccc2ccccc2c1. The average molecular weight is 382 g/mol. The van der Waals surface area contributed by atoms with Gasteiger partial charge in [-0.2, -0.15) is 0 Å². The first-order valence-corrected chi connectivity index (χ1v) is 9.14. The van der Waals surface area contributed by atoms with E-state index in [1.54, 1.807) is 0 Å². The minimum atomic E-state index is -0.508. The maximum Gasteiger partial charge on any atom is 0.273 e. The summed E-state index contributed by atoms with van der Waals surface area (Å²) in [5.41, 5.74) is 0.308. The Balaban J connectivity index is 1.72. The number of benzene rings is 3. The van der Waals surface area contributed by atoms with E-state index >= 15 is 0 Å². The first-order chi connectivity index (χ1) is 13.0. The number of anilines is 1. The molecule has 0 aliphatic carbocycles. The number of nitrogens with zero attached hydrogens (tertiary/aromatic N) is 1. The minimum absolute atomic E-state index is 0.0940. The second-order valence-corrected chi connectivity index (χ2v) is 7.31. The lowest BCUT2D eigenvalue weighted by molar-refractivity contribution is -0.384. The summed E-state index contributed by atoms with van der Waals surface area (Å²) in [6, 6.07) is 18.2. The zero-order chi connectivity index (χ0) is 19.4. The summed E-state index contributed by atoms with van der Waals surface area (Å²) in [6.45, 7) is 1.81. The number of methoxy groups -OCH3 is 1. The van der Waals surface area contributed by atoms with Gasteiger partial charge in [0.05, 0.1) is 29.0 Å². The van der Waals surface area contributed by atoms with Crippen LogP contribution in [0, 0.1) is 10.1 Å². The Labute approximate surface area is 160 Å². The highest BCUT2D eigenvalue weighted by atomic mass is 32.2. The van der Waals surface area contributed by atoms with Gasteiger partial charge in [-0.15, -0.1) is 11.8 Å². The van der Waals surface area contributed by atoms with Gasteiger partial charge in [0.2, 0.25) is 5.91 Å². The molecule has 0 saturated heterocycles. The monoisotopic (exact) mass is 382 g/mol. The standard InChI is InChI=1S/C20H18N2O4S/c1-13(27-17-9-7-14-5-3-4-6-15(14)11-17)20(23)21-18-10-8-16(22(24)25)12-19(18)26-2/h3-13H,1-2H3,(H,21,23)/t13-/m0/s1. The number of carbonyl (C=O) groups excluding carboxylic acids is 1. The number of amides is 1. The van der Waals surface area contributed by atoms with Crippen LogP contribution in [0.25, 0.3) is 10.8 Å². The van der Waals surface area contributed by atoms with Crippen LogP contribution in [0.3, 0.4) is 0 Å². The van der Waals surface area contributed by atoms with E-state index in [1.807, 2.05) is 43.3 Å². The van der Waals surface area contributed by atoms with Crippen LogP contribution in [0.1, 0.15) is 6.92 Å². The highest BCUT2D eigenvalue weighted by Gasteiger charge is 2.18. The number of fused-ring (bicyclic) bond motifs is 1. The molecule has 138 valence electrons. The van der Waals surface area contributed by atoms with E-state index in [0.717, 1.165) is 15.7 Å². The van der Waals surface area contributed by atoms with Gasteiger partial charge in [0.1, 0.15) is 5.75 Å². The van der Waals surface area contributed by atoms with E-state index in [1.165, 1.54) is 37.1 Å². The molecule has 0 bridgehead atoms. The van der Waals surface area contributed by atoms with Gasteiger partial charge in [-0.3, -0.25) is 14.9 Å². The number of hydrogen-bond acceptors (Lipinski definition) is 5. The van der Waals surface area contributed by atoms with E-state index in [-0.39, 0.29) is 22.6 Å². The molecule has 3 aromatic rings. The lowest BCUT2D eigenvalue weighted by Gasteiger charge is -2.14. The first-order valence-electron chi connectivity index (χ1n) is 8.26. The fraction of sp³-hybridized carbons (Fsp3) is 0.150. The van der Waals surface area contributed by atoms with Crippen molar-refractivity contribution in [3.8, 4) is 5.75 Å². The van der Waals surface area contributed by atoms with Gasteiger partial charge in [0.25, 0.3) is 5.69 Å². The molecule has 27 heavy (non-hydrogen) atoms. The Morgan fingerprint density at radius 3 is 2.56 bits per heavy atom. The summed E-state index contributed by atoms with van der Waals surface area (Å²) in [4.78, 5) is 23.9. The highest BCUT2D eigenvalue weighted by Crippen LogP contribution is 2.31. The van der Waals surface area contributed by atoms with Crippen molar-refractivity contribution in [2.75, 3.05) is 12.4 Å². The van der Waals surface area contributed by atoms with Gasteiger partial charge in [0, 0.05) is 11.0 Å². The van der Waals surface area contributed by atoms with Crippen LogP contribution >= 0.6 is 11.8 Å². The largest absolute Gasteiger partial charge is 0.494 e. The van der Waals surface area contributed by atoms with Crippen LogP contribution in [-0.2, 0) is 4.79 Å². The third kappa shape index (κ3) is 4.38. The Bertz CT molecular complexity index is 1010. The van der Waals surface area contributed by atoms with Crippen molar-refractivity contribution >= 4 is 39.8 Å². The third-order valence-corrected chi connectivity index (χ3v) is 5.15. The molecule has 1 atom stereocenters. The smallest absolute Gasteiger partial charge is 0.273 e. The summed E-state index contributed by atoms with van der Waals surface area (Å²) in [5, 5.41) is 15.6. The van der Waals surface area contributed by atoms with Gasteiger partial charge in [-0.05, 0) is 35.9 Å². The Hall–Kier alpha value is -3.06. The quantitative estimate of drug-likeness (QED) is 0.373. The molecule has 0 saturated carbocycles. The highest BCUT2D eigenvalue weighted by molar-refractivity contribution is 8.00. The molecular formula is C20H18N2O4S. The molecule has 3 aromatic carbocycles. The number of rotatable bonds is 6. The lowest BCUT2D eigenvalue weighted by atomic mass is 10.1. The third-order valence-electron chi connectivity index (χ3n) is 4.06. The van der Waals surface area contributed by atoms with Gasteiger partial charge < -0.3 is 10.1 Å². The van der Waals surface area contributed by atoms with Gasteiger partial charge >= 0.3 is 0 Å². The Morgan fingerprint density at radius 1 is 1.11 bits per heavy atom. The van der Waals surface area contributed by atoms with Crippen molar-refractivity contribution < 1.29 is 14.5 Å². The molecule has 0 aliphatic rings. The minimum Gasteiger partial charge on any atom is -0.494 e. The molecule has 0 fully saturated rings. The molecule has 0 unspecified atom stereocenters. The van der Waals surface area contributed by atoms with Crippen molar-refractivity contribution in [2.24, 2.45) is 0 Å². The van der Waals surface area contributed by atoms with Crippen molar-refractivity contribution in [3.05, 3.63) is 70.8 Å². The summed E-state index contributed by atoms with van der Waals surface area (Å²) in [7, 11) is 1.40. The van der Waals surface area contributed by atoms with Crippen LogP contribution in [0.15, 0.2) is 65.6 Å². The normalized spacial score (nSPS) is 11.8. The molecule has 0 aromatic heterocycles. The molecular weight excluding hydrogens is 364 g/mol. The summed E-state index contributed by atoms with van der Waals surface area (Å²) < 4.78 is 5.16. The van der Waals surface area contributed by atoms with Crippen molar-refractivity contribution in [3.63, 3.8) is 0 Å². The molecule has 7 heteroatoms. The van der Waals surface area contributed by atoms with E-state index in [4.69, 9.17) is 4.74 Å². The van der Waals surface area contributed by atoms with Crippen molar-refractivity contribution in [2.45, 2.75) is 17.1 Å². The zero-order valence-corrected chi connectivity index (χ0v) is 15.7. The van der Waals surface area contributed by atoms with E-state index in [2.05, 4.69) is 11.4 Å². The second kappa shape index (κ2) is 8.09. The molecule has 1 amide bonds. The average Bonchev–Trinajstić information content (AvgIpc) is 2.67. The fourth-order valence-corrected chi connectivity index (χ4v) is 3.55. The number of nitro benzene ring substituents is 1. The first kappa shape index (κ1) is 18.7. The fourth-order valence-electron chi connectivity index (χ4n) is 2.63. The molecule has 3 rings (SSSR count). The number of non-ortho nitro benzene ring substituents is 1. The van der Waals surface area contributed by atoms with E-state index in [9.17, 15) is 14.9 Å². The maximum atomic E-state index is 12.5. The zero-order valence-electron chi connectivity index (χ0n) is 14.8. The molecule has 0 aliphatic heterocycles. The topological polar surface area (TPSA) is 81.5 Å². The van der Waals surface area contributed by atoms with E-state index in [0.29, 0.717) is 5.69 Å². The summed E-state index contributed by atoms with van der Waals surface area (Å²) in [5.74, 6) is 0.0424. The van der Waals surface area contributed by atoms with Gasteiger partial charge in [-0.1, -0.05) is 30.3 Å². The molecule has 0 spiro atoms. The number of nitro groups is 1. The number of carbonyl (C=O) groups is 1. The van der Waals surface area contributed by atoms with Gasteiger partial charge in [0.15, 0.2) is 0 Å². The van der Waals surface area contributed by atoms with Crippen molar-refractivity contribution in [1.82, 2.24) is 0 Å². The molecule has 0 radical (unpaired) electrons. The van der Waals surface area contributed by atoms with Crippen LogP contribution in [0.2, 0.25) is 0 Å². The number of hydrogen-bond donors (Lipinski definition) is 1. The van der Waals surface area contributed by atoms with Crippen LogP contribution in [0.5, 0.6) is 5.75 Å². The molecule has 0 heterocycles. The summed E-state index contributed by atoms with van der Waals surface area (Å²) >= 11 is 1.45. The maximum absolute atomic E-state index is 12.5.